The van der Waals surface area contributed by atoms with Crippen LogP contribution in [0.2, 0.25) is 5.02 Å². The molecule has 0 atom stereocenters. The van der Waals surface area contributed by atoms with Gasteiger partial charge in [-0.3, -0.25) is 9.59 Å². The lowest BCUT2D eigenvalue weighted by Crippen LogP contribution is -2.36. The first kappa shape index (κ1) is 18.9. The quantitative estimate of drug-likeness (QED) is 0.589. The van der Waals surface area contributed by atoms with E-state index < -0.39 is 5.97 Å². The third-order valence-corrected chi connectivity index (χ3v) is 4.69. The molecule has 1 amide bonds. The Hall–Kier alpha value is -2.84. The summed E-state index contributed by atoms with van der Waals surface area (Å²) in [5, 5.41) is 2.75. The largest absolute Gasteiger partial charge is 0.468 e. The molecule has 1 aromatic carbocycles. The third kappa shape index (κ3) is 4.87. The van der Waals surface area contributed by atoms with Crippen molar-refractivity contribution in [2.45, 2.75) is 6.54 Å². The number of amides is 1. The van der Waals surface area contributed by atoms with Crippen LogP contribution >= 0.6 is 22.9 Å². The fourth-order valence-electron chi connectivity index (χ4n) is 2.28. The van der Waals surface area contributed by atoms with Crippen molar-refractivity contribution in [1.82, 2.24) is 19.9 Å². The average Bonchev–Trinajstić information content (AvgIpc) is 3.19. The number of ether oxygens (including phenoxy) is 1. The number of hydrogen-bond donors (Lipinski definition) is 0. The topological polar surface area (TPSA) is 85.3 Å². The summed E-state index contributed by atoms with van der Waals surface area (Å²) in [6, 6.07) is 8.75. The number of esters is 1. The highest BCUT2D eigenvalue weighted by molar-refractivity contribution is 7.13. The summed E-state index contributed by atoms with van der Waals surface area (Å²) in [4.78, 5) is 38.6. The summed E-state index contributed by atoms with van der Waals surface area (Å²) in [7, 11) is 1.28. The molecule has 27 heavy (non-hydrogen) atoms. The van der Waals surface area contributed by atoms with Crippen LogP contribution in [0.1, 0.15) is 16.1 Å². The summed E-state index contributed by atoms with van der Waals surface area (Å²) < 4.78 is 4.71. The van der Waals surface area contributed by atoms with Gasteiger partial charge < -0.3 is 9.64 Å². The van der Waals surface area contributed by atoms with Crippen LogP contribution in [0.4, 0.5) is 0 Å². The lowest BCUT2D eigenvalue weighted by atomic mass is 10.2. The molecule has 7 nitrogen and oxygen atoms in total. The fraction of sp³-hybridized carbons (Fsp3) is 0.167. The predicted molar refractivity (Wildman–Crippen MR) is 101 cm³/mol. The molecule has 0 fully saturated rings. The van der Waals surface area contributed by atoms with Gasteiger partial charge in [0.2, 0.25) is 0 Å². The molecule has 0 spiro atoms. The number of hydrogen-bond acceptors (Lipinski definition) is 7. The van der Waals surface area contributed by atoms with E-state index in [1.807, 2.05) is 0 Å². The van der Waals surface area contributed by atoms with E-state index in [4.69, 9.17) is 16.3 Å². The maximum Gasteiger partial charge on any atom is 0.325 e. The number of rotatable bonds is 6. The Morgan fingerprint density at radius 3 is 2.56 bits per heavy atom. The van der Waals surface area contributed by atoms with Crippen molar-refractivity contribution < 1.29 is 14.3 Å². The maximum atomic E-state index is 12.9. The summed E-state index contributed by atoms with van der Waals surface area (Å²) in [5.41, 5.74) is 1.05. The third-order valence-electron chi connectivity index (χ3n) is 3.60. The summed E-state index contributed by atoms with van der Waals surface area (Å²) in [5.74, 6) is -0.452. The van der Waals surface area contributed by atoms with Crippen LogP contribution in [0.5, 0.6) is 0 Å². The lowest BCUT2D eigenvalue weighted by molar-refractivity contribution is -0.141. The van der Waals surface area contributed by atoms with Crippen LogP contribution in [-0.4, -0.2) is 45.4 Å². The number of aromatic nitrogens is 3. The monoisotopic (exact) mass is 402 g/mol. The van der Waals surface area contributed by atoms with Crippen LogP contribution < -0.4 is 0 Å². The van der Waals surface area contributed by atoms with Crippen molar-refractivity contribution >= 4 is 34.8 Å². The summed E-state index contributed by atoms with van der Waals surface area (Å²) in [6.45, 7) is 0.0342. The van der Waals surface area contributed by atoms with Crippen molar-refractivity contribution in [3.8, 4) is 10.8 Å². The van der Waals surface area contributed by atoms with Gasteiger partial charge in [-0.25, -0.2) is 15.0 Å². The number of benzene rings is 1. The minimum atomic E-state index is -0.515. The highest BCUT2D eigenvalue weighted by Crippen LogP contribution is 2.21. The van der Waals surface area contributed by atoms with Crippen molar-refractivity contribution in [3.05, 3.63) is 64.4 Å². The zero-order valence-electron chi connectivity index (χ0n) is 14.3. The van der Waals surface area contributed by atoms with Crippen LogP contribution in [0.15, 0.2) is 48.1 Å². The predicted octanol–water partition coefficient (Wildman–Crippen LogP) is 3.07. The van der Waals surface area contributed by atoms with Crippen LogP contribution in [0, 0.1) is 0 Å². The van der Waals surface area contributed by atoms with Crippen LogP contribution in [0.3, 0.4) is 0 Å². The van der Waals surface area contributed by atoms with Crippen molar-refractivity contribution in [2.24, 2.45) is 0 Å². The Balaban J connectivity index is 1.83. The van der Waals surface area contributed by atoms with Crippen molar-refractivity contribution in [1.29, 1.82) is 0 Å². The molecule has 0 aliphatic rings. The molecule has 3 rings (SSSR count). The molecule has 0 saturated carbocycles. The molecule has 0 N–H and O–H groups in total. The zero-order valence-corrected chi connectivity index (χ0v) is 15.9. The zero-order chi connectivity index (χ0) is 19.2. The molecule has 9 heteroatoms. The van der Waals surface area contributed by atoms with Gasteiger partial charge in [0.25, 0.3) is 5.91 Å². The van der Waals surface area contributed by atoms with Gasteiger partial charge >= 0.3 is 5.97 Å². The van der Waals surface area contributed by atoms with Crippen LogP contribution in [0.25, 0.3) is 10.8 Å². The molecule has 0 aliphatic carbocycles. The highest BCUT2D eigenvalue weighted by atomic mass is 35.5. The molecular weight excluding hydrogens is 388 g/mol. The number of carbonyl (C=O) groups excluding carboxylic acids is 2. The van der Waals surface area contributed by atoms with E-state index in [2.05, 4.69) is 15.0 Å². The number of halogens is 1. The standard InChI is InChI=1S/C18H15ClN4O3S/c1-26-15(24)10-23(9-12-3-5-13(19)6-4-12)18(25)14-11-27-17(22-14)16-20-7-2-8-21-16/h2-8,11H,9-10H2,1H3. The Bertz CT molecular complexity index is 931. The first-order valence-electron chi connectivity index (χ1n) is 7.90. The van der Waals surface area contributed by atoms with Gasteiger partial charge in [-0.05, 0) is 23.8 Å². The fourth-order valence-corrected chi connectivity index (χ4v) is 3.14. The molecule has 0 aliphatic heterocycles. The first-order valence-corrected chi connectivity index (χ1v) is 9.16. The molecule has 138 valence electrons. The summed E-state index contributed by atoms with van der Waals surface area (Å²) >= 11 is 7.16. The number of nitrogens with zero attached hydrogens (tertiary/aromatic N) is 4. The minimum absolute atomic E-state index is 0.188. The minimum Gasteiger partial charge on any atom is -0.468 e. The molecule has 0 bridgehead atoms. The van der Waals surface area contributed by atoms with Crippen molar-refractivity contribution in [3.63, 3.8) is 0 Å². The average molecular weight is 403 g/mol. The van der Waals surface area contributed by atoms with Crippen LogP contribution in [-0.2, 0) is 16.1 Å². The molecular formula is C18H15ClN4O3S. The molecule has 2 aromatic heterocycles. The van der Waals surface area contributed by atoms with Gasteiger partial charge in [0.05, 0.1) is 7.11 Å². The number of carbonyl (C=O) groups is 2. The smallest absolute Gasteiger partial charge is 0.325 e. The maximum absolute atomic E-state index is 12.9. The molecule has 2 heterocycles. The Labute approximate surface area is 164 Å². The van der Waals surface area contributed by atoms with E-state index in [9.17, 15) is 9.59 Å². The Morgan fingerprint density at radius 2 is 1.89 bits per heavy atom. The Kier molecular flexibility index (Phi) is 6.10. The Morgan fingerprint density at radius 1 is 1.19 bits per heavy atom. The first-order chi connectivity index (χ1) is 13.1. The van der Waals surface area contributed by atoms with Gasteiger partial charge in [-0.1, -0.05) is 23.7 Å². The van der Waals surface area contributed by atoms with Crippen molar-refractivity contribution in [2.75, 3.05) is 13.7 Å². The summed E-state index contributed by atoms with van der Waals surface area (Å²) in [6.07, 6.45) is 3.21. The normalized spacial score (nSPS) is 10.4. The SMILES string of the molecule is COC(=O)CN(Cc1ccc(Cl)cc1)C(=O)c1csc(-c2ncccn2)n1. The van der Waals surface area contributed by atoms with E-state index in [0.29, 0.717) is 15.9 Å². The molecule has 0 saturated heterocycles. The number of thiazole rings is 1. The van der Waals surface area contributed by atoms with E-state index >= 15 is 0 Å². The van der Waals surface area contributed by atoms with Gasteiger partial charge in [0.1, 0.15) is 12.2 Å². The van der Waals surface area contributed by atoms with Gasteiger partial charge in [-0.2, -0.15) is 0 Å². The highest BCUT2D eigenvalue weighted by Gasteiger charge is 2.22. The molecule has 3 aromatic rings. The van der Waals surface area contributed by atoms with Gasteiger partial charge in [0.15, 0.2) is 10.8 Å². The molecule has 0 radical (unpaired) electrons. The number of methoxy groups -OCH3 is 1. The van der Waals surface area contributed by atoms with E-state index in [0.717, 1.165) is 5.56 Å². The molecule has 0 unspecified atom stereocenters. The second-order valence-electron chi connectivity index (χ2n) is 5.47. The van der Waals surface area contributed by atoms with Gasteiger partial charge in [-0.15, -0.1) is 11.3 Å². The second-order valence-corrected chi connectivity index (χ2v) is 6.77. The van der Waals surface area contributed by atoms with Gasteiger partial charge in [0, 0.05) is 29.3 Å². The van der Waals surface area contributed by atoms with E-state index in [1.54, 1.807) is 48.1 Å². The second kappa shape index (κ2) is 8.70. The van der Waals surface area contributed by atoms with E-state index in [-0.39, 0.29) is 24.7 Å². The lowest BCUT2D eigenvalue weighted by Gasteiger charge is -2.20. The van der Waals surface area contributed by atoms with E-state index in [1.165, 1.54) is 23.3 Å².